The van der Waals surface area contributed by atoms with Crippen molar-refractivity contribution in [1.82, 2.24) is 15.4 Å². The van der Waals surface area contributed by atoms with E-state index in [1.54, 1.807) is 24.4 Å². The molecule has 0 aliphatic carbocycles. The number of pyridine rings is 1. The second-order valence-corrected chi connectivity index (χ2v) is 8.18. The molecule has 3 aromatic rings. The number of thiocarbonyl (C=S) groups is 1. The van der Waals surface area contributed by atoms with E-state index in [2.05, 4.69) is 10.4 Å². The second kappa shape index (κ2) is 9.02. The molecule has 5 nitrogen and oxygen atoms in total. The lowest BCUT2D eigenvalue weighted by Gasteiger charge is -2.22. The summed E-state index contributed by atoms with van der Waals surface area (Å²) in [5.74, 6) is -1.27. The van der Waals surface area contributed by atoms with Crippen LogP contribution in [-0.2, 0) is 9.59 Å². The fourth-order valence-corrected chi connectivity index (χ4v) is 4.28. The molecule has 0 bridgehead atoms. The highest BCUT2D eigenvalue weighted by atomic mass is 32.2. The number of aromatic nitrogens is 1. The van der Waals surface area contributed by atoms with E-state index in [1.165, 1.54) is 0 Å². The number of benzene rings is 2. The minimum atomic E-state index is -0.572. The summed E-state index contributed by atoms with van der Waals surface area (Å²) in [5, 5.41) is 1.13. The molecule has 1 aliphatic rings. The number of carbonyl (C=O) groups excluding carboxylic acids is 2. The van der Waals surface area contributed by atoms with Crippen molar-refractivity contribution in [3.63, 3.8) is 0 Å². The average Bonchev–Trinajstić information content (AvgIpc) is 3.03. The summed E-state index contributed by atoms with van der Waals surface area (Å²) in [6.45, 7) is 0. The molecule has 1 aliphatic heterocycles. The van der Waals surface area contributed by atoms with Crippen LogP contribution >= 0.6 is 24.0 Å². The van der Waals surface area contributed by atoms with Gasteiger partial charge in [-0.2, -0.15) is 5.01 Å². The Hall–Kier alpha value is -3.29. The average molecular weight is 432 g/mol. The van der Waals surface area contributed by atoms with E-state index >= 15 is 0 Å². The van der Waals surface area contributed by atoms with Crippen molar-refractivity contribution in [3.05, 3.63) is 107 Å². The second-order valence-electron chi connectivity index (χ2n) is 6.50. The third-order valence-corrected chi connectivity index (χ3v) is 5.81. The Morgan fingerprint density at radius 2 is 1.57 bits per heavy atom. The van der Waals surface area contributed by atoms with Gasteiger partial charge in [0.2, 0.25) is 0 Å². The Balaban J connectivity index is 1.59. The Bertz CT molecular complexity index is 1060. The first-order chi connectivity index (χ1) is 14.6. The number of rotatable bonds is 5. The highest BCUT2D eigenvalue weighted by Gasteiger charge is 2.35. The summed E-state index contributed by atoms with van der Waals surface area (Å²) in [6, 6.07) is 24.3. The third kappa shape index (κ3) is 4.32. The molecule has 1 fully saturated rings. The Morgan fingerprint density at radius 3 is 2.13 bits per heavy atom. The molecular weight excluding hydrogens is 414 g/mol. The molecule has 30 heavy (non-hydrogen) atoms. The van der Waals surface area contributed by atoms with Gasteiger partial charge < -0.3 is 0 Å². The van der Waals surface area contributed by atoms with Gasteiger partial charge in [0.1, 0.15) is 0 Å². The minimum absolute atomic E-state index is 0.274. The number of nitrogens with one attached hydrogen (secondary N) is 1. The zero-order valence-corrected chi connectivity index (χ0v) is 17.4. The first kappa shape index (κ1) is 20.0. The van der Waals surface area contributed by atoms with Crippen LogP contribution in [0.25, 0.3) is 6.08 Å². The number of hydrazine groups is 1. The topological polar surface area (TPSA) is 62.3 Å². The van der Waals surface area contributed by atoms with Gasteiger partial charge in [-0.15, -0.1) is 0 Å². The van der Waals surface area contributed by atoms with Crippen LogP contribution in [0, 0.1) is 0 Å². The van der Waals surface area contributed by atoms with Gasteiger partial charge in [-0.05, 0) is 41.6 Å². The zero-order valence-electron chi connectivity index (χ0n) is 15.8. The SMILES string of the molecule is O=C(NN1C(=O)/C(=C\c2ccccn2)SC1=S)C(c1ccccc1)c1ccccc1. The molecule has 0 radical (unpaired) electrons. The fraction of sp³-hybridized carbons (Fsp3) is 0.0435. The quantitative estimate of drug-likeness (QED) is 0.486. The van der Waals surface area contributed by atoms with Gasteiger partial charge in [0.15, 0.2) is 4.32 Å². The molecular formula is C23H17N3O2S2. The normalized spacial score (nSPS) is 15.1. The number of thioether (sulfide) groups is 1. The summed E-state index contributed by atoms with van der Waals surface area (Å²) in [5.41, 5.74) is 5.02. The standard InChI is InChI=1S/C23H17N3O2S2/c27-21(20(16-9-3-1-4-10-16)17-11-5-2-6-12-17)25-26-22(28)19(30-23(26)29)15-18-13-7-8-14-24-18/h1-15,20H,(H,25,27)/b19-15+. The molecule has 1 aromatic heterocycles. The van der Waals surface area contributed by atoms with Crippen molar-refractivity contribution in [1.29, 1.82) is 0 Å². The van der Waals surface area contributed by atoms with Crippen molar-refractivity contribution < 1.29 is 9.59 Å². The van der Waals surface area contributed by atoms with Crippen LogP contribution in [0.4, 0.5) is 0 Å². The van der Waals surface area contributed by atoms with E-state index in [9.17, 15) is 9.59 Å². The summed E-state index contributed by atoms with van der Waals surface area (Å²) >= 11 is 6.48. The largest absolute Gasteiger partial charge is 0.285 e. The minimum Gasteiger partial charge on any atom is -0.272 e. The molecule has 0 saturated carbocycles. The Labute approximate surface area is 183 Å². The van der Waals surface area contributed by atoms with Crippen LogP contribution in [-0.4, -0.2) is 26.1 Å². The van der Waals surface area contributed by atoms with Gasteiger partial charge in [-0.1, -0.05) is 78.5 Å². The maximum absolute atomic E-state index is 13.3. The first-order valence-electron chi connectivity index (χ1n) is 9.23. The van der Waals surface area contributed by atoms with E-state index in [1.807, 2.05) is 66.7 Å². The van der Waals surface area contributed by atoms with Crippen molar-refractivity contribution >= 4 is 46.2 Å². The first-order valence-corrected chi connectivity index (χ1v) is 10.5. The number of hydrogen-bond acceptors (Lipinski definition) is 5. The zero-order chi connectivity index (χ0) is 20.9. The fourth-order valence-electron chi connectivity index (χ4n) is 3.12. The smallest absolute Gasteiger partial charge is 0.272 e. The van der Waals surface area contributed by atoms with Crippen LogP contribution in [0.2, 0.25) is 0 Å². The van der Waals surface area contributed by atoms with Gasteiger partial charge in [0.05, 0.1) is 16.5 Å². The summed E-state index contributed by atoms with van der Waals surface area (Å²) in [4.78, 5) is 30.7. The number of hydrogen-bond donors (Lipinski definition) is 1. The Morgan fingerprint density at radius 1 is 0.967 bits per heavy atom. The predicted octanol–water partition coefficient (Wildman–Crippen LogP) is 4.15. The number of carbonyl (C=O) groups is 2. The third-order valence-electron chi connectivity index (χ3n) is 4.51. The van der Waals surface area contributed by atoms with Gasteiger partial charge >= 0.3 is 0 Å². The lowest BCUT2D eigenvalue weighted by molar-refractivity contribution is -0.133. The summed E-state index contributed by atoms with van der Waals surface area (Å²) < 4.78 is 0.274. The lowest BCUT2D eigenvalue weighted by atomic mass is 9.91. The van der Waals surface area contributed by atoms with Gasteiger partial charge in [-0.3, -0.25) is 20.0 Å². The number of amides is 2. The summed E-state index contributed by atoms with van der Waals surface area (Å²) in [7, 11) is 0. The van der Waals surface area contributed by atoms with Gasteiger partial charge in [-0.25, -0.2) is 0 Å². The molecule has 1 N–H and O–H groups in total. The van der Waals surface area contributed by atoms with Gasteiger partial charge in [0.25, 0.3) is 11.8 Å². The van der Waals surface area contributed by atoms with Crippen LogP contribution in [0.15, 0.2) is 90.0 Å². The van der Waals surface area contributed by atoms with Crippen molar-refractivity contribution in [2.45, 2.75) is 5.92 Å². The molecule has 2 heterocycles. The molecule has 0 atom stereocenters. The van der Waals surface area contributed by atoms with Gasteiger partial charge in [0, 0.05) is 6.20 Å². The van der Waals surface area contributed by atoms with Crippen LogP contribution < -0.4 is 5.43 Å². The molecule has 0 unspecified atom stereocenters. The van der Waals surface area contributed by atoms with Crippen LogP contribution in [0.3, 0.4) is 0 Å². The number of nitrogens with zero attached hydrogens (tertiary/aromatic N) is 2. The van der Waals surface area contributed by atoms with E-state index < -0.39 is 5.92 Å². The molecule has 4 rings (SSSR count). The maximum Gasteiger partial charge on any atom is 0.285 e. The molecule has 148 valence electrons. The molecule has 2 aromatic carbocycles. The van der Waals surface area contributed by atoms with E-state index in [0.717, 1.165) is 27.9 Å². The summed E-state index contributed by atoms with van der Waals surface area (Å²) in [6.07, 6.45) is 3.32. The van der Waals surface area contributed by atoms with Crippen molar-refractivity contribution in [2.24, 2.45) is 0 Å². The molecule has 1 saturated heterocycles. The predicted molar refractivity (Wildman–Crippen MR) is 122 cm³/mol. The molecule has 7 heteroatoms. The van der Waals surface area contributed by atoms with Crippen molar-refractivity contribution in [2.75, 3.05) is 0 Å². The van der Waals surface area contributed by atoms with Crippen LogP contribution in [0.1, 0.15) is 22.7 Å². The highest BCUT2D eigenvalue weighted by molar-refractivity contribution is 8.26. The van der Waals surface area contributed by atoms with Crippen molar-refractivity contribution in [3.8, 4) is 0 Å². The van der Waals surface area contributed by atoms with E-state index in [4.69, 9.17) is 12.2 Å². The maximum atomic E-state index is 13.3. The monoisotopic (exact) mass is 431 g/mol. The highest BCUT2D eigenvalue weighted by Crippen LogP contribution is 2.32. The molecule has 2 amide bonds. The van der Waals surface area contributed by atoms with Crippen LogP contribution in [0.5, 0.6) is 0 Å². The lowest BCUT2D eigenvalue weighted by Crippen LogP contribution is -2.46. The molecule has 0 spiro atoms. The van der Waals surface area contributed by atoms with E-state index in [0.29, 0.717) is 10.6 Å². The van der Waals surface area contributed by atoms with E-state index in [-0.39, 0.29) is 16.1 Å². The Kier molecular flexibility index (Phi) is 6.02.